The van der Waals surface area contributed by atoms with E-state index in [0.29, 0.717) is 39.6 Å². The van der Waals surface area contributed by atoms with Crippen LogP contribution in [-0.4, -0.2) is 55.3 Å². The van der Waals surface area contributed by atoms with Crippen LogP contribution in [0.3, 0.4) is 0 Å². The highest BCUT2D eigenvalue weighted by molar-refractivity contribution is 6.38. The molecule has 0 aliphatic heterocycles. The molecule has 1 aromatic heterocycles. The molecule has 10 nitrogen and oxygen atoms in total. The highest BCUT2D eigenvalue weighted by Crippen LogP contribution is 2.35. The summed E-state index contributed by atoms with van der Waals surface area (Å²) >= 11 is 13.2. The molecule has 1 heterocycles. The lowest BCUT2D eigenvalue weighted by atomic mass is 10.0. The van der Waals surface area contributed by atoms with Crippen LogP contribution in [0.25, 0.3) is 17.0 Å². The van der Waals surface area contributed by atoms with Crippen LogP contribution in [0.1, 0.15) is 32.7 Å². The van der Waals surface area contributed by atoms with Gasteiger partial charge in [-0.1, -0.05) is 83.9 Å². The molecule has 0 saturated heterocycles. The Morgan fingerprint density at radius 3 is 2.38 bits per heavy atom. The van der Waals surface area contributed by atoms with Crippen LogP contribution >= 0.6 is 23.2 Å². The predicted molar refractivity (Wildman–Crippen MR) is 205 cm³/mol. The van der Waals surface area contributed by atoms with Crippen LogP contribution < -0.4 is 25.6 Å². The molecule has 3 N–H and O–H groups in total. The van der Waals surface area contributed by atoms with Crippen molar-refractivity contribution in [1.82, 2.24) is 20.9 Å². The third-order valence-corrected chi connectivity index (χ3v) is 9.04. The first-order chi connectivity index (χ1) is 25.0. The van der Waals surface area contributed by atoms with E-state index >= 15 is 0 Å². The zero-order valence-electron chi connectivity index (χ0n) is 28.8. The number of pyridine rings is 1. The number of carbonyl (C=O) groups is 4. The number of rotatable bonds is 13. The van der Waals surface area contributed by atoms with E-state index in [2.05, 4.69) is 20.9 Å². The zero-order chi connectivity index (χ0) is 37.2. The van der Waals surface area contributed by atoms with Gasteiger partial charge in [-0.2, -0.15) is 0 Å². The Morgan fingerprint density at radius 1 is 0.904 bits per heavy atom. The second-order valence-corrected chi connectivity index (χ2v) is 12.7. The summed E-state index contributed by atoms with van der Waals surface area (Å²) in [6, 6.07) is 28.0. The molecule has 4 amide bonds. The van der Waals surface area contributed by atoms with Crippen LogP contribution in [0.5, 0.6) is 5.75 Å². The maximum atomic E-state index is 13.1. The average molecular weight is 739 g/mol. The molecule has 4 aromatic carbocycles. The van der Waals surface area contributed by atoms with Gasteiger partial charge in [0.15, 0.2) is 0 Å². The van der Waals surface area contributed by atoms with Gasteiger partial charge in [-0.25, -0.2) is 4.98 Å². The molecule has 0 bridgehead atoms. The molecule has 1 atom stereocenters. The molecule has 0 unspecified atom stereocenters. The minimum atomic E-state index is -0.750. The number of nitrogens with one attached hydrogen (secondary N) is 3. The van der Waals surface area contributed by atoms with Gasteiger partial charge in [0.2, 0.25) is 17.7 Å². The fourth-order valence-electron chi connectivity index (χ4n) is 5.33. The second kappa shape index (κ2) is 17.5. The maximum Gasteiger partial charge on any atom is 0.251 e. The van der Waals surface area contributed by atoms with E-state index in [1.54, 1.807) is 49.5 Å². The predicted octanol–water partition coefficient (Wildman–Crippen LogP) is 6.31. The van der Waals surface area contributed by atoms with Crippen LogP contribution in [0, 0.1) is 6.92 Å². The number of halogens is 2. The number of para-hydroxylation sites is 1. The number of nitrogens with zero attached hydrogens (tertiary/aromatic N) is 2. The van der Waals surface area contributed by atoms with Crippen molar-refractivity contribution in [2.24, 2.45) is 0 Å². The summed E-state index contributed by atoms with van der Waals surface area (Å²) in [5.41, 5.74) is 4.39. The van der Waals surface area contributed by atoms with Crippen LogP contribution in [0.15, 0.2) is 103 Å². The summed E-state index contributed by atoms with van der Waals surface area (Å²) < 4.78 is 6.09. The standard InChI is InChI=1S/C40H37Cl2N5O5/c1-25-12-16-28-10-7-11-34(38(28)45-25)52-24-30-31(41)19-20-33(37(30)42)47(3)36(49)23-44-35(48)21-15-26-13-17-29(18-14-26)39(50)46-32(40(51)43-2)22-27-8-5-4-6-9-27/h4-21,32H,22-24H2,1-3H3,(H,43,51)(H,44,48)(H,46,50)/b21-15+/t32-/m1/s1. The van der Waals surface area contributed by atoms with Crippen molar-refractivity contribution in [3.63, 3.8) is 0 Å². The van der Waals surface area contributed by atoms with E-state index in [0.717, 1.165) is 22.2 Å². The van der Waals surface area contributed by atoms with Gasteiger partial charge >= 0.3 is 0 Å². The highest BCUT2D eigenvalue weighted by atomic mass is 35.5. The lowest BCUT2D eigenvalue weighted by molar-refractivity contribution is -0.122. The van der Waals surface area contributed by atoms with Gasteiger partial charge in [-0.3, -0.25) is 19.2 Å². The lowest BCUT2D eigenvalue weighted by Crippen LogP contribution is -2.47. The van der Waals surface area contributed by atoms with E-state index in [-0.39, 0.29) is 24.1 Å². The number of ether oxygens (including phenoxy) is 1. The first kappa shape index (κ1) is 37.5. The lowest BCUT2D eigenvalue weighted by Gasteiger charge is -2.21. The van der Waals surface area contributed by atoms with Gasteiger partial charge in [0, 0.05) is 53.8 Å². The second-order valence-electron chi connectivity index (χ2n) is 11.9. The van der Waals surface area contributed by atoms with E-state index in [4.69, 9.17) is 27.9 Å². The summed E-state index contributed by atoms with van der Waals surface area (Å²) in [5, 5.41) is 9.52. The topological polar surface area (TPSA) is 130 Å². The molecule has 0 aliphatic carbocycles. The molecule has 0 spiro atoms. The number of likely N-dealkylation sites (N-methyl/N-ethyl adjacent to an activating group) is 2. The van der Waals surface area contributed by atoms with Crippen molar-refractivity contribution in [2.75, 3.05) is 25.5 Å². The quantitative estimate of drug-likeness (QED) is 0.122. The Hall–Kier alpha value is -5.71. The smallest absolute Gasteiger partial charge is 0.251 e. The fourth-order valence-corrected chi connectivity index (χ4v) is 5.93. The summed E-state index contributed by atoms with van der Waals surface area (Å²) in [5.74, 6) is -1.04. The number of carbonyl (C=O) groups excluding carboxylic acids is 4. The molecular weight excluding hydrogens is 701 g/mol. The van der Waals surface area contributed by atoms with Gasteiger partial charge in [0.05, 0.1) is 17.3 Å². The van der Waals surface area contributed by atoms with E-state index in [1.165, 1.54) is 18.0 Å². The van der Waals surface area contributed by atoms with Gasteiger partial charge in [-0.15, -0.1) is 0 Å². The van der Waals surface area contributed by atoms with Crippen molar-refractivity contribution in [2.45, 2.75) is 26.0 Å². The van der Waals surface area contributed by atoms with Crippen molar-refractivity contribution >= 4 is 69.5 Å². The van der Waals surface area contributed by atoms with E-state index in [1.807, 2.05) is 67.6 Å². The number of amides is 4. The Labute approximate surface area is 311 Å². The van der Waals surface area contributed by atoms with Crippen molar-refractivity contribution in [3.05, 3.63) is 141 Å². The Morgan fingerprint density at radius 2 is 1.65 bits per heavy atom. The molecule has 0 radical (unpaired) electrons. The number of aryl methyl sites for hydroxylation is 1. The first-order valence-electron chi connectivity index (χ1n) is 16.4. The number of hydrogen-bond acceptors (Lipinski definition) is 6. The molecular formula is C40H37Cl2N5O5. The van der Waals surface area contributed by atoms with E-state index in [9.17, 15) is 19.2 Å². The number of anilines is 1. The van der Waals surface area contributed by atoms with Gasteiger partial charge in [0.25, 0.3) is 5.91 Å². The maximum absolute atomic E-state index is 13.1. The summed E-state index contributed by atoms with van der Waals surface area (Å²) in [6.07, 6.45) is 3.19. The fraction of sp³-hybridized carbons (Fsp3) is 0.175. The Balaban J connectivity index is 1.14. The zero-order valence-corrected chi connectivity index (χ0v) is 30.3. The summed E-state index contributed by atoms with van der Waals surface area (Å²) in [6.45, 7) is 1.66. The molecule has 52 heavy (non-hydrogen) atoms. The minimum Gasteiger partial charge on any atom is -0.487 e. The molecule has 0 aliphatic rings. The number of benzene rings is 4. The minimum absolute atomic E-state index is 0.0419. The average Bonchev–Trinajstić information content (AvgIpc) is 3.15. The number of fused-ring (bicyclic) bond motifs is 1. The van der Waals surface area contributed by atoms with Crippen molar-refractivity contribution in [3.8, 4) is 5.75 Å². The van der Waals surface area contributed by atoms with E-state index < -0.39 is 23.8 Å². The highest BCUT2D eigenvalue weighted by Gasteiger charge is 2.22. The SMILES string of the molecule is CNC(=O)[C@@H](Cc1ccccc1)NC(=O)c1ccc(/C=C/C(=O)NCC(=O)N(C)c2ccc(Cl)c(COc3cccc4ccc(C)nc34)c2Cl)cc1. The Bertz CT molecular complexity index is 2120. The Kier molecular flexibility index (Phi) is 12.6. The summed E-state index contributed by atoms with van der Waals surface area (Å²) in [4.78, 5) is 56.9. The van der Waals surface area contributed by atoms with Crippen molar-refractivity contribution in [1.29, 1.82) is 0 Å². The number of hydrogen-bond donors (Lipinski definition) is 3. The normalized spacial score (nSPS) is 11.6. The monoisotopic (exact) mass is 737 g/mol. The molecule has 266 valence electrons. The molecule has 12 heteroatoms. The van der Waals surface area contributed by atoms with Crippen LogP contribution in [0.2, 0.25) is 10.0 Å². The van der Waals surface area contributed by atoms with Gasteiger partial charge in [0.1, 0.15) is 23.9 Å². The molecule has 5 rings (SSSR count). The number of aromatic nitrogens is 1. The van der Waals surface area contributed by atoms with Crippen LogP contribution in [-0.2, 0) is 27.4 Å². The molecule has 5 aromatic rings. The van der Waals surface area contributed by atoms with Gasteiger partial charge < -0.3 is 25.6 Å². The van der Waals surface area contributed by atoms with Crippen LogP contribution in [0.4, 0.5) is 5.69 Å². The summed E-state index contributed by atoms with van der Waals surface area (Å²) in [7, 11) is 3.07. The molecule has 0 fully saturated rings. The molecule has 0 saturated carbocycles. The largest absolute Gasteiger partial charge is 0.487 e. The third kappa shape index (κ3) is 9.54. The third-order valence-electron chi connectivity index (χ3n) is 8.26. The van der Waals surface area contributed by atoms with Gasteiger partial charge in [-0.05, 0) is 60.5 Å². The van der Waals surface area contributed by atoms with Crippen molar-refractivity contribution < 1.29 is 23.9 Å². The first-order valence-corrected chi connectivity index (χ1v) is 17.1.